The van der Waals surface area contributed by atoms with Gasteiger partial charge in [0.25, 0.3) is 0 Å². The van der Waals surface area contributed by atoms with Crippen molar-refractivity contribution < 1.29 is 39.5 Å². The van der Waals surface area contributed by atoms with E-state index in [1.807, 2.05) is 0 Å². The monoisotopic (exact) mass is 472 g/mol. The number of alkyl halides is 1. The molecule has 8 unspecified atom stereocenters. The first kappa shape index (κ1) is 24.1. The molecule has 0 aromatic rings. The van der Waals surface area contributed by atoms with Gasteiger partial charge in [-0.2, -0.15) is 0 Å². The van der Waals surface area contributed by atoms with Crippen LogP contribution < -0.4 is 0 Å². The van der Waals surface area contributed by atoms with Crippen molar-refractivity contribution in [3.63, 3.8) is 0 Å². The third kappa shape index (κ3) is 2.74. The van der Waals surface area contributed by atoms with Crippen LogP contribution in [0.15, 0.2) is 11.1 Å². The molecule has 1 saturated heterocycles. The predicted octanol–water partition coefficient (Wildman–Crippen LogP) is 0.711. The van der Waals surface area contributed by atoms with E-state index in [9.17, 15) is 30.0 Å². The molecule has 0 radical (unpaired) electrons. The van der Waals surface area contributed by atoms with Crippen molar-refractivity contribution in [1.29, 1.82) is 0 Å². The van der Waals surface area contributed by atoms with Gasteiger partial charge >= 0.3 is 5.97 Å². The predicted molar refractivity (Wildman–Crippen MR) is 114 cm³/mol. The second kappa shape index (κ2) is 7.23. The first-order valence-electron chi connectivity index (χ1n) is 11.1. The van der Waals surface area contributed by atoms with E-state index in [1.54, 1.807) is 34.6 Å². The van der Waals surface area contributed by atoms with Crippen LogP contribution in [0.4, 0.5) is 0 Å². The number of hydrogen-bond donors (Lipinski definition) is 4. The van der Waals surface area contributed by atoms with Crippen molar-refractivity contribution in [1.82, 2.24) is 0 Å². The Balaban J connectivity index is 2.02. The molecule has 3 fully saturated rings. The summed E-state index contributed by atoms with van der Waals surface area (Å²) in [6, 6.07) is 0. The number of esters is 1. The summed E-state index contributed by atoms with van der Waals surface area (Å²) >= 11 is 5.68. The zero-order valence-corrected chi connectivity index (χ0v) is 19.8. The van der Waals surface area contributed by atoms with Crippen molar-refractivity contribution in [3.05, 3.63) is 11.1 Å². The van der Waals surface area contributed by atoms with Gasteiger partial charge in [0.05, 0.1) is 35.9 Å². The molecule has 1 heterocycles. The number of aliphatic hydroxyl groups excluding tert-OH is 2. The highest BCUT2D eigenvalue weighted by Gasteiger charge is 2.74. The summed E-state index contributed by atoms with van der Waals surface area (Å²) in [4.78, 5) is 26.5. The fourth-order valence-electron chi connectivity index (χ4n) is 7.24. The molecule has 0 spiro atoms. The molecule has 32 heavy (non-hydrogen) atoms. The molecule has 4 N–H and O–H groups in total. The number of ketones is 1. The Morgan fingerprint density at radius 1 is 1.25 bits per heavy atom. The van der Waals surface area contributed by atoms with E-state index < -0.39 is 75.9 Å². The van der Waals surface area contributed by atoms with E-state index in [4.69, 9.17) is 21.1 Å². The summed E-state index contributed by atoms with van der Waals surface area (Å²) in [6.45, 7) is 8.45. The maximum atomic E-state index is 14.2. The van der Waals surface area contributed by atoms with Crippen molar-refractivity contribution in [2.75, 3.05) is 12.5 Å². The van der Waals surface area contributed by atoms with Crippen LogP contribution in [0.25, 0.3) is 0 Å². The summed E-state index contributed by atoms with van der Waals surface area (Å²) in [6.07, 6.45) is -4.39. The second-order valence-corrected chi connectivity index (χ2v) is 11.1. The lowest BCUT2D eigenvalue weighted by Crippen LogP contribution is -2.79. The Hall–Kier alpha value is -1.03. The Morgan fingerprint density at radius 3 is 2.41 bits per heavy atom. The van der Waals surface area contributed by atoms with Gasteiger partial charge in [0.15, 0.2) is 11.9 Å². The molecule has 8 nitrogen and oxygen atoms in total. The molecule has 4 aliphatic rings. The number of carbonyl (C=O) groups excluding carboxylic acids is 2. The minimum absolute atomic E-state index is 0.0227. The number of rotatable bonds is 2. The largest absolute Gasteiger partial charge is 0.449 e. The lowest BCUT2D eigenvalue weighted by Gasteiger charge is -2.67. The van der Waals surface area contributed by atoms with E-state index in [0.29, 0.717) is 11.1 Å². The van der Waals surface area contributed by atoms with E-state index in [2.05, 4.69) is 0 Å². The summed E-state index contributed by atoms with van der Waals surface area (Å²) in [5.41, 5.74) is -4.89. The number of halogens is 1. The van der Waals surface area contributed by atoms with E-state index >= 15 is 0 Å². The lowest BCUT2D eigenvalue weighted by molar-refractivity contribution is -0.335. The van der Waals surface area contributed by atoms with Crippen molar-refractivity contribution >= 4 is 23.4 Å². The molecule has 2 bridgehead atoms. The van der Waals surface area contributed by atoms with Crippen LogP contribution in [0.5, 0.6) is 0 Å². The normalized spacial score (nSPS) is 49.9. The number of carbonyl (C=O) groups is 2. The van der Waals surface area contributed by atoms with Gasteiger partial charge in [-0.3, -0.25) is 9.59 Å². The van der Waals surface area contributed by atoms with Gasteiger partial charge in [-0.05, 0) is 30.9 Å². The SMILES string of the molecule is CC1=C2C(OC(=O)CCl)C(=O)[C@]3(C)C(O)CC4OCC4(O)C3C(C)C(O)(CC1O)C2(C)C. The molecule has 9 atom stereocenters. The van der Waals surface area contributed by atoms with Crippen LogP contribution in [0.1, 0.15) is 47.5 Å². The highest BCUT2D eigenvalue weighted by Crippen LogP contribution is 2.64. The van der Waals surface area contributed by atoms with E-state index in [-0.39, 0.29) is 19.4 Å². The Kier molecular flexibility index (Phi) is 5.45. The molecule has 180 valence electrons. The summed E-state index contributed by atoms with van der Waals surface area (Å²) in [7, 11) is 0. The van der Waals surface area contributed by atoms with Crippen LogP contribution in [0, 0.1) is 22.7 Å². The summed E-state index contributed by atoms with van der Waals surface area (Å²) < 4.78 is 11.1. The van der Waals surface area contributed by atoms with Crippen molar-refractivity contribution in [3.8, 4) is 0 Å². The molecular weight excluding hydrogens is 440 g/mol. The minimum Gasteiger partial charge on any atom is -0.449 e. The quantitative estimate of drug-likeness (QED) is 0.262. The van der Waals surface area contributed by atoms with Crippen molar-refractivity contribution in [2.45, 2.75) is 83.1 Å². The van der Waals surface area contributed by atoms with Gasteiger partial charge < -0.3 is 29.9 Å². The van der Waals surface area contributed by atoms with Crippen molar-refractivity contribution in [2.24, 2.45) is 22.7 Å². The average Bonchev–Trinajstić information content (AvgIpc) is 2.71. The Bertz CT molecular complexity index is 885. The second-order valence-electron chi connectivity index (χ2n) is 10.8. The molecule has 0 aromatic heterocycles. The third-order valence-corrected chi connectivity index (χ3v) is 9.43. The fraction of sp³-hybridized carbons (Fsp3) is 0.826. The summed E-state index contributed by atoms with van der Waals surface area (Å²) in [5, 5.41) is 45.9. The molecule has 0 aromatic carbocycles. The highest BCUT2D eigenvalue weighted by molar-refractivity contribution is 6.26. The molecule has 9 heteroatoms. The standard InChI is InChI=1S/C23H33ClO8/c1-10-12(25)7-23(30)11(2)18-21(5,13(26)6-14-22(18,29)9-31-14)19(28)17(32-15(27)8-24)16(10)20(23,3)4/h11-14,17-18,25-26,29-30H,6-9H2,1-5H3/t11?,12?,13?,14?,17?,18?,21-,22?,23?/m1/s1. The first-order chi connectivity index (χ1) is 14.7. The van der Waals surface area contributed by atoms with Gasteiger partial charge in [-0.1, -0.05) is 20.8 Å². The smallest absolute Gasteiger partial charge is 0.321 e. The van der Waals surface area contributed by atoms with Crippen LogP contribution in [0.2, 0.25) is 0 Å². The Morgan fingerprint density at radius 2 is 1.88 bits per heavy atom. The third-order valence-electron chi connectivity index (χ3n) is 9.22. The van der Waals surface area contributed by atoms with Gasteiger partial charge in [-0.25, -0.2) is 0 Å². The number of hydrogen-bond acceptors (Lipinski definition) is 8. The first-order valence-corrected chi connectivity index (χ1v) is 11.6. The maximum absolute atomic E-state index is 14.2. The van der Waals surface area contributed by atoms with Crippen LogP contribution in [-0.2, 0) is 19.1 Å². The minimum atomic E-state index is -1.58. The van der Waals surface area contributed by atoms with Crippen LogP contribution >= 0.6 is 11.6 Å². The van der Waals surface area contributed by atoms with E-state index in [1.165, 1.54) is 0 Å². The number of fused-ring (bicyclic) bond motifs is 5. The van der Waals surface area contributed by atoms with Gasteiger partial charge in [0.1, 0.15) is 11.5 Å². The van der Waals surface area contributed by atoms with E-state index in [0.717, 1.165) is 0 Å². The van der Waals surface area contributed by atoms with Crippen LogP contribution in [0.3, 0.4) is 0 Å². The van der Waals surface area contributed by atoms with Gasteiger partial charge in [0.2, 0.25) is 0 Å². The topological polar surface area (TPSA) is 134 Å². The zero-order chi connectivity index (χ0) is 24.0. The van der Waals surface area contributed by atoms with Gasteiger partial charge in [-0.15, -0.1) is 11.6 Å². The summed E-state index contributed by atoms with van der Waals surface area (Å²) in [5.74, 6) is -3.49. The lowest BCUT2D eigenvalue weighted by atomic mass is 9.43. The Labute approximate surface area is 192 Å². The average molecular weight is 473 g/mol. The maximum Gasteiger partial charge on any atom is 0.321 e. The molecule has 0 amide bonds. The molecule has 4 rings (SSSR count). The highest BCUT2D eigenvalue weighted by atomic mass is 35.5. The van der Waals surface area contributed by atoms with Crippen LogP contribution in [-0.4, -0.2) is 80.3 Å². The number of aliphatic hydroxyl groups is 4. The van der Waals surface area contributed by atoms with Gasteiger partial charge in [0, 0.05) is 24.2 Å². The number of Topliss-reactive ketones (excluding diaryl/α,β-unsaturated/α-hetero) is 1. The zero-order valence-electron chi connectivity index (χ0n) is 19.1. The molecular formula is C23H33ClO8. The molecule has 1 aliphatic heterocycles. The number of ether oxygens (including phenoxy) is 2. The molecule has 2 saturated carbocycles. The fourth-order valence-corrected chi connectivity index (χ4v) is 7.30. The molecule has 3 aliphatic carbocycles.